The number of nitrogens with one attached hydrogen (secondary N) is 1. The fourth-order valence-electron chi connectivity index (χ4n) is 2.50. The van der Waals surface area contributed by atoms with Crippen molar-refractivity contribution in [3.05, 3.63) is 5.82 Å². The molecule has 1 aliphatic carbocycles. The highest BCUT2D eigenvalue weighted by molar-refractivity contribution is 8.00. The van der Waals surface area contributed by atoms with E-state index in [0.717, 1.165) is 30.4 Å². The molecule has 1 aromatic rings. The summed E-state index contributed by atoms with van der Waals surface area (Å²) in [5.74, 6) is 1.65. The van der Waals surface area contributed by atoms with Gasteiger partial charge >= 0.3 is 0 Å². The van der Waals surface area contributed by atoms with Crippen LogP contribution < -0.4 is 5.32 Å². The molecule has 1 N–H and O–H groups in total. The molecule has 0 aromatic carbocycles. The van der Waals surface area contributed by atoms with E-state index in [1.165, 1.54) is 24.6 Å². The SMILES string of the molecule is C[C@@H](Sc1nnc(C2CC2)n1C)C(=O)NC[C@H]1CCCO1. The van der Waals surface area contributed by atoms with E-state index in [4.69, 9.17) is 4.74 Å². The predicted octanol–water partition coefficient (Wildman–Crippen LogP) is 1.47. The van der Waals surface area contributed by atoms with E-state index >= 15 is 0 Å². The van der Waals surface area contributed by atoms with E-state index in [2.05, 4.69) is 15.5 Å². The largest absolute Gasteiger partial charge is 0.376 e. The molecule has 116 valence electrons. The normalized spacial score (nSPS) is 23.2. The van der Waals surface area contributed by atoms with Gasteiger partial charge in [0.2, 0.25) is 5.91 Å². The first-order valence-electron chi connectivity index (χ1n) is 7.60. The summed E-state index contributed by atoms with van der Waals surface area (Å²) in [6.07, 6.45) is 4.72. The van der Waals surface area contributed by atoms with Gasteiger partial charge in [0.25, 0.3) is 0 Å². The van der Waals surface area contributed by atoms with Crippen LogP contribution in [0.5, 0.6) is 0 Å². The predicted molar refractivity (Wildman–Crippen MR) is 80.3 cm³/mol. The first-order valence-corrected chi connectivity index (χ1v) is 8.48. The number of amides is 1. The molecule has 2 aliphatic rings. The third-order valence-corrected chi connectivity index (χ3v) is 5.12. The van der Waals surface area contributed by atoms with Crippen LogP contribution in [0.1, 0.15) is 44.3 Å². The maximum Gasteiger partial charge on any atom is 0.233 e. The molecule has 7 heteroatoms. The van der Waals surface area contributed by atoms with E-state index < -0.39 is 0 Å². The van der Waals surface area contributed by atoms with Crippen molar-refractivity contribution in [1.29, 1.82) is 0 Å². The zero-order chi connectivity index (χ0) is 14.8. The molecule has 2 atom stereocenters. The Bertz CT molecular complexity index is 509. The van der Waals surface area contributed by atoms with E-state index in [9.17, 15) is 4.79 Å². The first-order chi connectivity index (χ1) is 10.1. The summed E-state index contributed by atoms with van der Waals surface area (Å²) in [7, 11) is 1.98. The quantitative estimate of drug-likeness (QED) is 0.806. The number of hydrogen-bond donors (Lipinski definition) is 1. The van der Waals surface area contributed by atoms with Crippen LogP contribution in [0.3, 0.4) is 0 Å². The maximum absolute atomic E-state index is 12.1. The summed E-state index contributed by atoms with van der Waals surface area (Å²) < 4.78 is 7.53. The van der Waals surface area contributed by atoms with Gasteiger partial charge in [-0.1, -0.05) is 11.8 Å². The molecule has 1 saturated heterocycles. The number of carbonyl (C=O) groups is 1. The van der Waals surface area contributed by atoms with Crippen molar-refractivity contribution in [2.24, 2.45) is 7.05 Å². The van der Waals surface area contributed by atoms with Crippen LogP contribution in [0.2, 0.25) is 0 Å². The van der Waals surface area contributed by atoms with E-state index in [1.54, 1.807) is 0 Å². The van der Waals surface area contributed by atoms with Crippen molar-refractivity contribution in [1.82, 2.24) is 20.1 Å². The minimum absolute atomic E-state index is 0.0338. The van der Waals surface area contributed by atoms with Gasteiger partial charge in [-0.25, -0.2) is 0 Å². The highest BCUT2D eigenvalue weighted by Gasteiger charge is 2.30. The Hall–Kier alpha value is -1.08. The van der Waals surface area contributed by atoms with Gasteiger partial charge in [-0.3, -0.25) is 4.79 Å². The summed E-state index contributed by atoms with van der Waals surface area (Å²) >= 11 is 1.46. The van der Waals surface area contributed by atoms with Crippen molar-refractivity contribution >= 4 is 17.7 Å². The average molecular weight is 310 g/mol. The number of hydrogen-bond acceptors (Lipinski definition) is 5. The molecular formula is C14H22N4O2S. The van der Waals surface area contributed by atoms with Crippen LogP contribution in [0.25, 0.3) is 0 Å². The summed E-state index contributed by atoms with van der Waals surface area (Å²) in [6.45, 7) is 3.32. The Balaban J connectivity index is 1.50. The average Bonchev–Trinajstić information content (AvgIpc) is 3.06. The third kappa shape index (κ3) is 3.58. The Morgan fingerprint density at radius 2 is 2.29 bits per heavy atom. The second-order valence-corrected chi connectivity index (χ2v) is 7.12. The lowest BCUT2D eigenvalue weighted by Crippen LogP contribution is -2.36. The maximum atomic E-state index is 12.1. The minimum atomic E-state index is -0.179. The molecule has 0 unspecified atom stereocenters. The van der Waals surface area contributed by atoms with Gasteiger partial charge in [0, 0.05) is 26.1 Å². The lowest BCUT2D eigenvalue weighted by Gasteiger charge is -2.14. The van der Waals surface area contributed by atoms with Crippen molar-refractivity contribution < 1.29 is 9.53 Å². The Morgan fingerprint density at radius 1 is 1.48 bits per heavy atom. The van der Waals surface area contributed by atoms with Crippen LogP contribution in [0.4, 0.5) is 0 Å². The molecule has 6 nitrogen and oxygen atoms in total. The number of thioether (sulfide) groups is 1. The summed E-state index contributed by atoms with van der Waals surface area (Å²) in [5.41, 5.74) is 0. The van der Waals surface area contributed by atoms with Crippen LogP contribution in [0.15, 0.2) is 5.16 Å². The van der Waals surface area contributed by atoms with Crippen molar-refractivity contribution in [2.75, 3.05) is 13.2 Å². The number of ether oxygens (including phenoxy) is 1. The zero-order valence-corrected chi connectivity index (χ0v) is 13.4. The number of aromatic nitrogens is 3. The molecular weight excluding hydrogens is 288 g/mol. The Morgan fingerprint density at radius 3 is 2.95 bits per heavy atom. The number of nitrogens with zero attached hydrogens (tertiary/aromatic N) is 3. The molecule has 1 aliphatic heterocycles. The van der Waals surface area contributed by atoms with Gasteiger partial charge in [-0.15, -0.1) is 10.2 Å². The summed E-state index contributed by atoms with van der Waals surface area (Å²) in [5, 5.41) is 12.0. The first kappa shape index (κ1) is 14.8. The third-order valence-electron chi connectivity index (χ3n) is 3.99. The van der Waals surface area contributed by atoms with Crippen LogP contribution in [-0.2, 0) is 16.6 Å². The molecule has 0 bridgehead atoms. The van der Waals surface area contributed by atoms with Gasteiger partial charge in [0.05, 0.1) is 11.4 Å². The van der Waals surface area contributed by atoms with Gasteiger partial charge in [0.15, 0.2) is 5.16 Å². The Labute approximate surface area is 129 Å². The minimum Gasteiger partial charge on any atom is -0.376 e. The fraction of sp³-hybridized carbons (Fsp3) is 0.786. The lowest BCUT2D eigenvalue weighted by atomic mass is 10.2. The standard InChI is InChI=1S/C14H22N4O2S/c1-9(13(19)15-8-11-4-3-7-20-11)21-14-17-16-12(18(14)2)10-5-6-10/h9-11H,3-8H2,1-2H3,(H,15,19)/t9-,11-/m1/s1. The molecule has 0 radical (unpaired) electrons. The van der Waals surface area contributed by atoms with E-state index in [0.29, 0.717) is 12.5 Å². The van der Waals surface area contributed by atoms with Gasteiger partial charge in [0.1, 0.15) is 5.82 Å². The number of rotatable bonds is 6. The zero-order valence-electron chi connectivity index (χ0n) is 12.5. The van der Waals surface area contributed by atoms with E-state index in [1.807, 2.05) is 18.5 Å². The van der Waals surface area contributed by atoms with E-state index in [-0.39, 0.29) is 17.3 Å². The van der Waals surface area contributed by atoms with Crippen LogP contribution in [-0.4, -0.2) is 45.2 Å². The second-order valence-electron chi connectivity index (χ2n) is 5.81. The van der Waals surface area contributed by atoms with Gasteiger partial charge in [-0.2, -0.15) is 0 Å². The van der Waals surface area contributed by atoms with Gasteiger partial charge in [-0.05, 0) is 32.6 Å². The second kappa shape index (κ2) is 6.36. The molecule has 21 heavy (non-hydrogen) atoms. The molecule has 0 spiro atoms. The van der Waals surface area contributed by atoms with Crippen molar-refractivity contribution in [3.8, 4) is 0 Å². The highest BCUT2D eigenvalue weighted by atomic mass is 32.2. The Kier molecular flexibility index (Phi) is 4.49. The highest BCUT2D eigenvalue weighted by Crippen LogP contribution is 2.39. The molecule has 1 saturated carbocycles. The van der Waals surface area contributed by atoms with Crippen molar-refractivity contribution in [3.63, 3.8) is 0 Å². The molecule has 2 fully saturated rings. The summed E-state index contributed by atoms with van der Waals surface area (Å²) in [4.78, 5) is 12.1. The van der Waals surface area contributed by atoms with Gasteiger partial charge < -0.3 is 14.6 Å². The smallest absolute Gasteiger partial charge is 0.233 e. The van der Waals surface area contributed by atoms with Crippen molar-refractivity contribution in [2.45, 2.75) is 55.0 Å². The molecule has 2 heterocycles. The lowest BCUT2D eigenvalue weighted by molar-refractivity contribution is -0.120. The topological polar surface area (TPSA) is 69.0 Å². The van der Waals surface area contributed by atoms with Crippen LogP contribution in [0, 0.1) is 0 Å². The number of carbonyl (C=O) groups excluding carboxylic acids is 1. The van der Waals surface area contributed by atoms with Crippen LogP contribution >= 0.6 is 11.8 Å². The molecule has 3 rings (SSSR count). The fourth-order valence-corrected chi connectivity index (χ4v) is 3.35. The molecule has 1 aromatic heterocycles. The summed E-state index contributed by atoms with van der Waals surface area (Å²) in [6, 6.07) is 0. The monoisotopic (exact) mass is 310 g/mol. The molecule has 1 amide bonds.